The minimum Gasteiger partial charge on any atom is -0.368 e. The second kappa shape index (κ2) is 6.77. The Hall–Kier alpha value is -2.92. The quantitative estimate of drug-likeness (QED) is 0.573. The minimum atomic E-state index is 0.824. The van der Waals surface area contributed by atoms with Gasteiger partial charge in [-0.3, -0.25) is 0 Å². The Balaban J connectivity index is 1.83. The average molecular weight is 345 g/mol. The third-order valence-electron chi connectivity index (χ3n) is 4.47. The first-order valence-corrected chi connectivity index (χ1v) is 8.85. The summed E-state index contributed by atoms with van der Waals surface area (Å²) in [6.45, 7) is 3.86. The van der Waals surface area contributed by atoms with Gasteiger partial charge in [-0.1, -0.05) is 23.8 Å². The number of aryl methyl sites for hydroxylation is 1. The van der Waals surface area contributed by atoms with Crippen LogP contribution in [0.3, 0.4) is 0 Å². The van der Waals surface area contributed by atoms with Gasteiger partial charge in [-0.25, -0.2) is 9.97 Å². The largest absolute Gasteiger partial charge is 0.368 e. The summed E-state index contributed by atoms with van der Waals surface area (Å²) in [6.07, 6.45) is 0. The molecule has 26 heavy (non-hydrogen) atoms. The van der Waals surface area contributed by atoms with Crippen molar-refractivity contribution in [3.05, 3.63) is 54.1 Å². The predicted octanol–water partition coefficient (Wildman–Crippen LogP) is 4.06. The number of H-pyrrole nitrogens is 1. The molecule has 0 aliphatic rings. The van der Waals surface area contributed by atoms with Crippen LogP contribution in [0, 0.1) is 6.92 Å². The van der Waals surface area contributed by atoms with Crippen LogP contribution >= 0.6 is 0 Å². The molecule has 0 saturated carbocycles. The van der Waals surface area contributed by atoms with Crippen LogP contribution in [0.4, 0.5) is 5.82 Å². The number of fused-ring (bicyclic) bond motifs is 2. The lowest BCUT2D eigenvalue weighted by Gasteiger charge is -2.14. The molecule has 2 aromatic carbocycles. The van der Waals surface area contributed by atoms with Gasteiger partial charge in [0.05, 0.1) is 22.1 Å². The Morgan fingerprint density at radius 3 is 2.65 bits per heavy atom. The van der Waals surface area contributed by atoms with Crippen LogP contribution in [0.2, 0.25) is 0 Å². The molecule has 0 unspecified atom stereocenters. The van der Waals surface area contributed by atoms with Gasteiger partial charge in [0.15, 0.2) is 0 Å². The van der Waals surface area contributed by atoms with Crippen LogP contribution in [-0.4, -0.2) is 47.0 Å². The molecule has 0 bridgehead atoms. The summed E-state index contributed by atoms with van der Waals surface area (Å²) in [5, 5.41) is 4.61. The first-order chi connectivity index (χ1) is 12.6. The second-order valence-corrected chi connectivity index (χ2v) is 6.91. The van der Waals surface area contributed by atoms with Crippen LogP contribution in [0.25, 0.3) is 33.3 Å². The van der Waals surface area contributed by atoms with E-state index in [1.807, 2.05) is 24.3 Å². The molecule has 4 rings (SSSR count). The Morgan fingerprint density at radius 1 is 1.00 bits per heavy atom. The number of imidazole rings is 1. The van der Waals surface area contributed by atoms with E-state index in [1.54, 1.807) is 0 Å². The highest BCUT2D eigenvalue weighted by Gasteiger charge is 2.13. The van der Waals surface area contributed by atoms with E-state index in [2.05, 4.69) is 60.5 Å². The van der Waals surface area contributed by atoms with Crippen molar-refractivity contribution in [2.45, 2.75) is 6.92 Å². The van der Waals surface area contributed by atoms with E-state index in [1.165, 1.54) is 5.56 Å². The van der Waals surface area contributed by atoms with Crippen LogP contribution in [0.5, 0.6) is 0 Å². The van der Waals surface area contributed by atoms with Crippen molar-refractivity contribution in [2.75, 3.05) is 32.5 Å². The van der Waals surface area contributed by atoms with E-state index in [0.717, 1.165) is 52.2 Å². The average Bonchev–Trinajstić information content (AvgIpc) is 3.05. The molecule has 2 N–H and O–H groups in total. The number of hydrogen-bond acceptors (Lipinski definition) is 4. The molecular weight excluding hydrogens is 322 g/mol. The summed E-state index contributed by atoms with van der Waals surface area (Å²) < 4.78 is 0. The normalized spacial score (nSPS) is 11.5. The van der Waals surface area contributed by atoms with E-state index >= 15 is 0 Å². The molecule has 2 aromatic heterocycles. The van der Waals surface area contributed by atoms with Gasteiger partial charge in [-0.15, -0.1) is 0 Å². The molecule has 0 aliphatic heterocycles. The van der Waals surface area contributed by atoms with Gasteiger partial charge in [0, 0.05) is 18.5 Å². The van der Waals surface area contributed by atoms with Gasteiger partial charge >= 0.3 is 0 Å². The Labute approximate surface area is 153 Å². The zero-order chi connectivity index (χ0) is 18.1. The molecule has 0 saturated heterocycles. The maximum atomic E-state index is 4.87. The van der Waals surface area contributed by atoms with Crippen LogP contribution in [0.1, 0.15) is 5.56 Å². The number of benzene rings is 2. The monoisotopic (exact) mass is 345 g/mol. The fraction of sp³-hybridized carbons (Fsp3) is 0.238. The summed E-state index contributed by atoms with van der Waals surface area (Å²) in [5.74, 6) is 1.71. The van der Waals surface area contributed by atoms with Gasteiger partial charge in [0.25, 0.3) is 0 Å². The highest BCUT2D eigenvalue weighted by Crippen LogP contribution is 2.30. The smallest absolute Gasteiger partial charge is 0.142 e. The number of para-hydroxylation sites is 2. The first-order valence-electron chi connectivity index (χ1n) is 8.85. The Kier molecular flexibility index (Phi) is 4.31. The molecule has 0 fully saturated rings. The number of aromatic nitrogens is 3. The standard InChI is InChI=1S/C21H23N5/c1-14-8-9-17-15(12-14)13-16(20(23-17)22-10-11-26(2)3)21-24-18-6-4-5-7-19(18)25-21/h4-9,12-13H,10-11H2,1-3H3,(H,22,23)(H,24,25). The van der Waals surface area contributed by atoms with Crippen molar-refractivity contribution >= 4 is 27.8 Å². The van der Waals surface area contributed by atoms with Gasteiger partial charge in [0.1, 0.15) is 11.6 Å². The number of pyridine rings is 1. The fourth-order valence-electron chi connectivity index (χ4n) is 3.09. The lowest BCUT2D eigenvalue weighted by Crippen LogP contribution is -2.21. The topological polar surface area (TPSA) is 56.8 Å². The zero-order valence-electron chi connectivity index (χ0n) is 15.4. The van der Waals surface area contributed by atoms with E-state index in [-0.39, 0.29) is 0 Å². The molecule has 0 atom stereocenters. The summed E-state index contributed by atoms with van der Waals surface area (Å²) in [4.78, 5) is 15.2. The van der Waals surface area contributed by atoms with E-state index in [4.69, 9.17) is 9.97 Å². The van der Waals surface area contributed by atoms with Crippen molar-refractivity contribution in [3.63, 3.8) is 0 Å². The summed E-state index contributed by atoms with van der Waals surface area (Å²) >= 11 is 0. The number of likely N-dealkylation sites (N-methyl/N-ethyl adjacent to an activating group) is 1. The van der Waals surface area contributed by atoms with E-state index in [9.17, 15) is 0 Å². The lowest BCUT2D eigenvalue weighted by atomic mass is 10.1. The molecule has 0 radical (unpaired) electrons. The number of rotatable bonds is 5. The molecule has 0 amide bonds. The first kappa shape index (κ1) is 16.5. The maximum absolute atomic E-state index is 4.87. The number of nitrogens with zero attached hydrogens (tertiary/aromatic N) is 3. The van der Waals surface area contributed by atoms with Gasteiger partial charge in [-0.2, -0.15) is 0 Å². The highest BCUT2D eigenvalue weighted by molar-refractivity contribution is 5.90. The molecule has 5 nitrogen and oxygen atoms in total. The lowest BCUT2D eigenvalue weighted by molar-refractivity contribution is 0.425. The molecule has 5 heteroatoms. The third-order valence-corrected chi connectivity index (χ3v) is 4.47. The van der Waals surface area contributed by atoms with Crippen LogP contribution in [0.15, 0.2) is 48.5 Å². The highest BCUT2D eigenvalue weighted by atomic mass is 15.1. The minimum absolute atomic E-state index is 0.824. The maximum Gasteiger partial charge on any atom is 0.142 e. The number of hydrogen-bond donors (Lipinski definition) is 2. The fourth-order valence-corrected chi connectivity index (χ4v) is 3.09. The van der Waals surface area contributed by atoms with Crippen molar-refractivity contribution in [2.24, 2.45) is 0 Å². The second-order valence-electron chi connectivity index (χ2n) is 6.91. The number of anilines is 1. The van der Waals surface area contributed by atoms with Crippen LogP contribution < -0.4 is 5.32 Å². The summed E-state index contributed by atoms with van der Waals surface area (Å²) in [6, 6.07) is 16.6. The van der Waals surface area contributed by atoms with Crippen molar-refractivity contribution < 1.29 is 0 Å². The SMILES string of the molecule is Cc1ccc2nc(NCCN(C)C)c(-c3nc4ccccc4[nH]3)cc2c1. The molecule has 4 aromatic rings. The van der Waals surface area contributed by atoms with Crippen molar-refractivity contribution in [3.8, 4) is 11.4 Å². The molecule has 0 aliphatic carbocycles. The van der Waals surface area contributed by atoms with Crippen molar-refractivity contribution in [1.29, 1.82) is 0 Å². The van der Waals surface area contributed by atoms with Crippen LogP contribution in [-0.2, 0) is 0 Å². The summed E-state index contributed by atoms with van der Waals surface area (Å²) in [7, 11) is 4.14. The zero-order valence-corrected chi connectivity index (χ0v) is 15.4. The molecule has 0 spiro atoms. The van der Waals surface area contributed by atoms with Gasteiger partial charge < -0.3 is 15.2 Å². The molecular formula is C21H23N5. The van der Waals surface area contributed by atoms with E-state index in [0.29, 0.717) is 0 Å². The van der Waals surface area contributed by atoms with E-state index < -0.39 is 0 Å². The number of nitrogens with one attached hydrogen (secondary N) is 2. The van der Waals surface area contributed by atoms with Crippen molar-refractivity contribution in [1.82, 2.24) is 19.9 Å². The predicted molar refractivity (Wildman–Crippen MR) is 109 cm³/mol. The molecule has 132 valence electrons. The summed E-state index contributed by atoms with van der Waals surface area (Å²) in [5.41, 5.74) is 5.21. The molecule has 2 heterocycles. The van der Waals surface area contributed by atoms with Gasteiger partial charge in [-0.05, 0) is 51.4 Å². The third kappa shape index (κ3) is 3.26. The Bertz CT molecular complexity index is 1030. The Morgan fingerprint density at radius 2 is 1.85 bits per heavy atom. The van der Waals surface area contributed by atoms with Gasteiger partial charge in [0.2, 0.25) is 0 Å². The number of aromatic amines is 1.